The van der Waals surface area contributed by atoms with Crippen molar-refractivity contribution < 1.29 is 43.2 Å². The lowest BCUT2D eigenvalue weighted by atomic mass is 9.82. The number of hydrogen-bond donors (Lipinski definition) is 1. The topological polar surface area (TPSA) is 125 Å². The van der Waals surface area contributed by atoms with E-state index >= 15 is 0 Å². The molecule has 1 aliphatic carbocycles. The van der Waals surface area contributed by atoms with Gasteiger partial charge >= 0.3 is 23.9 Å². The molecule has 0 amide bonds. The summed E-state index contributed by atoms with van der Waals surface area (Å²) in [4.78, 5) is 45.0. The predicted molar refractivity (Wildman–Crippen MR) is 195 cm³/mol. The standard InChI is InChI=1S/C14H26O2.C10H20O2.C9H18O3.C6H12O2/c1-5-13(3,4)12(15)16-14(6-2)10-8-7-9-11-14;1-5-7-8-12-9(11)10(3,4)6-2;1-5-9(2,3)8(10)12-7-6-11-4;1-4-6(2,3)5(7)8/h5-11H2,1-4H3;5-8H2,1-4H3;5-7H2,1-4H3;4H2,1-3H3,(H,7,8). The van der Waals surface area contributed by atoms with Crippen LogP contribution in [-0.4, -0.2) is 61.5 Å². The number of carboxylic acids is 1. The van der Waals surface area contributed by atoms with Crippen LogP contribution in [0.3, 0.4) is 0 Å². The van der Waals surface area contributed by atoms with Crippen LogP contribution in [0.2, 0.25) is 0 Å². The van der Waals surface area contributed by atoms with Crippen LogP contribution < -0.4 is 0 Å². The molecule has 286 valence electrons. The highest BCUT2D eigenvalue weighted by Crippen LogP contribution is 2.37. The molecule has 0 radical (unpaired) electrons. The van der Waals surface area contributed by atoms with Gasteiger partial charge in [-0.15, -0.1) is 0 Å². The quantitative estimate of drug-likeness (QED) is 0.0958. The van der Waals surface area contributed by atoms with Gasteiger partial charge in [0.15, 0.2) is 0 Å². The van der Waals surface area contributed by atoms with Crippen molar-refractivity contribution in [2.75, 3.05) is 26.9 Å². The van der Waals surface area contributed by atoms with Crippen molar-refractivity contribution in [2.24, 2.45) is 21.7 Å². The number of carbonyl (C=O) groups is 4. The summed E-state index contributed by atoms with van der Waals surface area (Å²) in [6, 6.07) is 0. The Balaban J connectivity index is -0.000000579. The number of carboxylic acid groups (broad SMARTS) is 1. The van der Waals surface area contributed by atoms with E-state index in [9.17, 15) is 19.2 Å². The first-order valence-electron chi connectivity index (χ1n) is 18.3. The van der Waals surface area contributed by atoms with Gasteiger partial charge in [0.2, 0.25) is 0 Å². The Labute approximate surface area is 295 Å². The second-order valence-electron chi connectivity index (χ2n) is 15.4. The highest BCUT2D eigenvalue weighted by atomic mass is 16.6. The van der Waals surface area contributed by atoms with E-state index in [0.717, 1.165) is 51.4 Å². The van der Waals surface area contributed by atoms with E-state index < -0.39 is 11.4 Å². The molecule has 0 aromatic heterocycles. The Morgan fingerprint density at radius 3 is 1.29 bits per heavy atom. The Kier molecular flexibility index (Phi) is 26.0. The van der Waals surface area contributed by atoms with Crippen LogP contribution in [0.5, 0.6) is 0 Å². The van der Waals surface area contributed by atoms with Gasteiger partial charge in [0.1, 0.15) is 12.2 Å². The maximum Gasteiger partial charge on any atom is 0.312 e. The van der Waals surface area contributed by atoms with Crippen molar-refractivity contribution in [3.05, 3.63) is 0 Å². The predicted octanol–water partition coefficient (Wildman–Crippen LogP) is 9.96. The number of carbonyl (C=O) groups excluding carboxylic acids is 3. The van der Waals surface area contributed by atoms with Crippen molar-refractivity contribution >= 4 is 23.9 Å². The van der Waals surface area contributed by atoms with Crippen LogP contribution >= 0.6 is 0 Å². The number of hydrogen-bond acceptors (Lipinski definition) is 8. The molecule has 1 fully saturated rings. The highest BCUT2D eigenvalue weighted by molar-refractivity contribution is 5.77. The van der Waals surface area contributed by atoms with Crippen molar-refractivity contribution in [1.29, 1.82) is 0 Å². The van der Waals surface area contributed by atoms with Gasteiger partial charge in [0.25, 0.3) is 0 Å². The third kappa shape index (κ3) is 21.0. The van der Waals surface area contributed by atoms with Gasteiger partial charge in [0, 0.05) is 7.11 Å². The van der Waals surface area contributed by atoms with Crippen molar-refractivity contribution in [2.45, 2.75) is 180 Å². The Hall–Kier alpha value is -2.16. The third-order valence-electron chi connectivity index (χ3n) is 9.74. The van der Waals surface area contributed by atoms with Crippen LogP contribution in [0.4, 0.5) is 0 Å². The van der Waals surface area contributed by atoms with Gasteiger partial charge in [0.05, 0.1) is 34.9 Å². The largest absolute Gasteiger partial charge is 0.481 e. The molecule has 48 heavy (non-hydrogen) atoms. The molecule has 1 rings (SSSR count). The molecule has 9 heteroatoms. The zero-order chi connectivity index (χ0) is 38.2. The number of esters is 3. The summed E-state index contributed by atoms with van der Waals surface area (Å²) in [5, 5.41) is 8.44. The second kappa shape index (κ2) is 24.9. The second-order valence-corrected chi connectivity index (χ2v) is 15.4. The molecular weight excluding hydrogens is 612 g/mol. The summed E-state index contributed by atoms with van der Waals surface area (Å²) < 4.78 is 20.7. The minimum Gasteiger partial charge on any atom is -0.481 e. The smallest absolute Gasteiger partial charge is 0.312 e. The van der Waals surface area contributed by atoms with E-state index in [1.165, 1.54) is 19.3 Å². The first-order valence-corrected chi connectivity index (χ1v) is 18.3. The minimum absolute atomic E-state index is 0.0150. The van der Waals surface area contributed by atoms with Gasteiger partial charge in [-0.05, 0) is 120 Å². The van der Waals surface area contributed by atoms with Gasteiger partial charge in [-0.25, -0.2) is 0 Å². The summed E-state index contributed by atoms with van der Waals surface area (Å²) in [5.74, 6) is -0.959. The fraction of sp³-hybridized carbons (Fsp3) is 0.897. The van der Waals surface area contributed by atoms with E-state index in [1.54, 1.807) is 21.0 Å². The van der Waals surface area contributed by atoms with Crippen LogP contribution in [0.25, 0.3) is 0 Å². The van der Waals surface area contributed by atoms with E-state index in [0.29, 0.717) is 26.2 Å². The van der Waals surface area contributed by atoms with E-state index in [2.05, 4.69) is 13.8 Å². The van der Waals surface area contributed by atoms with Crippen molar-refractivity contribution in [1.82, 2.24) is 0 Å². The normalized spacial score (nSPS) is 14.4. The number of aliphatic carboxylic acids is 1. The van der Waals surface area contributed by atoms with E-state index in [-0.39, 0.29) is 39.8 Å². The SMILES string of the molecule is CCC(C)(C)C(=O)O.CCC(C)(C)C(=O)OCCOC.CCC1(OC(=O)C(C)(C)CC)CCCCC1.CCCCOC(=O)C(C)(C)CC. The molecule has 0 aromatic rings. The molecule has 0 spiro atoms. The van der Waals surface area contributed by atoms with Gasteiger partial charge in [-0.3, -0.25) is 19.2 Å². The summed E-state index contributed by atoms with van der Waals surface area (Å²) in [5.41, 5.74) is -1.71. The minimum atomic E-state index is -0.722. The van der Waals surface area contributed by atoms with Crippen LogP contribution in [0, 0.1) is 21.7 Å². The monoisotopic (exact) mass is 689 g/mol. The van der Waals surface area contributed by atoms with Crippen LogP contribution in [0.1, 0.15) is 174 Å². The Morgan fingerprint density at radius 1 is 0.583 bits per heavy atom. The Bertz CT molecular complexity index is 863. The number of ether oxygens (including phenoxy) is 4. The first-order chi connectivity index (χ1) is 22.0. The molecule has 0 heterocycles. The lowest BCUT2D eigenvalue weighted by Crippen LogP contribution is -2.40. The zero-order valence-electron chi connectivity index (χ0n) is 33.8. The highest BCUT2D eigenvalue weighted by Gasteiger charge is 2.38. The third-order valence-corrected chi connectivity index (χ3v) is 9.74. The molecule has 0 bridgehead atoms. The lowest BCUT2D eigenvalue weighted by Gasteiger charge is -2.38. The maximum atomic E-state index is 12.1. The molecule has 0 unspecified atom stereocenters. The fourth-order valence-electron chi connectivity index (χ4n) is 3.56. The number of methoxy groups -OCH3 is 1. The molecule has 0 atom stereocenters. The fourth-order valence-corrected chi connectivity index (χ4v) is 3.56. The summed E-state index contributed by atoms with van der Waals surface area (Å²) in [6.07, 6.45) is 11.9. The molecule has 0 aliphatic heterocycles. The zero-order valence-corrected chi connectivity index (χ0v) is 33.8. The van der Waals surface area contributed by atoms with E-state index in [4.69, 9.17) is 24.1 Å². The average Bonchev–Trinajstić information content (AvgIpc) is 3.05. The first kappa shape index (κ1) is 50.2. The van der Waals surface area contributed by atoms with Gasteiger partial charge in [-0.2, -0.15) is 0 Å². The molecule has 1 aliphatic rings. The number of unbranched alkanes of at least 4 members (excludes halogenated alkanes) is 1. The Morgan fingerprint density at radius 2 is 0.979 bits per heavy atom. The molecule has 0 aromatic carbocycles. The average molecular weight is 689 g/mol. The van der Waals surface area contributed by atoms with Gasteiger partial charge in [-0.1, -0.05) is 54.4 Å². The summed E-state index contributed by atoms with van der Waals surface area (Å²) >= 11 is 0. The molecular formula is C39H76O9. The number of rotatable bonds is 16. The van der Waals surface area contributed by atoms with Crippen molar-refractivity contribution in [3.63, 3.8) is 0 Å². The van der Waals surface area contributed by atoms with Gasteiger partial charge < -0.3 is 24.1 Å². The van der Waals surface area contributed by atoms with Crippen LogP contribution in [0.15, 0.2) is 0 Å². The van der Waals surface area contributed by atoms with E-state index in [1.807, 2.05) is 69.2 Å². The molecule has 9 nitrogen and oxygen atoms in total. The van der Waals surface area contributed by atoms with Crippen LogP contribution in [-0.2, 0) is 38.1 Å². The summed E-state index contributed by atoms with van der Waals surface area (Å²) in [6.45, 7) is 28.5. The molecule has 1 saturated carbocycles. The molecule has 1 N–H and O–H groups in total. The maximum absolute atomic E-state index is 12.1. The molecule has 0 saturated heterocycles. The summed E-state index contributed by atoms with van der Waals surface area (Å²) in [7, 11) is 1.58. The lowest BCUT2D eigenvalue weighted by molar-refractivity contribution is -0.175. The van der Waals surface area contributed by atoms with Crippen molar-refractivity contribution in [3.8, 4) is 0 Å².